The van der Waals surface area contributed by atoms with Gasteiger partial charge in [0.25, 0.3) is 5.91 Å². The predicted octanol–water partition coefficient (Wildman–Crippen LogP) is 4.27. The van der Waals surface area contributed by atoms with Gasteiger partial charge in [-0.25, -0.2) is 5.01 Å². The van der Waals surface area contributed by atoms with E-state index in [0.29, 0.717) is 31.1 Å². The molecule has 1 fully saturated rings. The first-order valence-corrected chi connectivity index (χ1v) is 12.9. The highest BCUT2D eigenvalue weighted by molar-refractivity contribution is 6.04. The molecule has 2 atom stereocenters. The highest BCUT2D eigenvalue weighted by atomic mass is 16.5. The van der Waals surface area contributed by atoms with E-state index >= 15 is 0 Å². The largest absolute Gasteiger partial charge is 0.497 e. The third kappa shape index (κ3) is 5.96. The minimum absolute atomic E-state index is 0.104. The lowest BCUT2D eigenvalue weighted by Gasteiger charge is -2.32. The number of benzene rings is 2. The van der Waals surface area contributed by atoms with Crippen LogP contribution in [0.5, 0.6) is 11.5 Å². The maximum atomic E-state index is 13.7. The van der Waals surface area contributed by atoms with Crippen LogP contribution in [-0.2, 0) is 14.3 Å². The molecule has 0 N–H and O–H groups in total. The van der Waals surface area contributed by atoms with Crippen molar-refractivity contribution in [3.63, 3.8) is 0 Å². The third-order valence-corrected chi connectivity index (χ3v) is 7.15. The molecular formula is C29H37N3O5. The van der Waals surface area contributed by atoms with Crippen LogP contribution < -0.4 is 9.47 Å². The van der Waals surface area contributed by atoms with E-state index in [2.05, 4.69) is 32.0 Å². The lowest BCUT2D eigenvalue weighted by molar-refractivity contribution is -0.150. The molecule has 0 bridgehead atoms. The van der Waals surface area contributed by atoms with Crippen LogP contribution in [0.2, 0.25) is 0 Å². The van der Waals surface area contributed by atoms with Crippen LogP contribution in [0.15, 0.2) is 41.5 Å². The summed E-state index contributed by atoms with van der Waals surface area (Å²) in [5.74, 6) is 0.849. The summed E-state index contributed by atoms with van der Waals surface area (Å²) in [5, 5.41) is 6.49. The summed E-state index contributed by atoms with van der Waals surface area (Å²) in [6, 6.07) is 11.6. The van der Waals surface area contributed by atoms with Crippen molar-refractivity contribution in [2.75, 3.05) is 40.5 Å². The Labute approximate surface area is 219 Å². The Morgan fingerprint density at radius 3 is 2.62 bits per heavy atom. The van der Waals surface area contributed by atoms with E-state index in [0.717, 1.165) is 47.4 Å². The van der Waals surface area contributed by atoms with Gasteiger partial charge in [-0.1, -0.05) is 17.7 Å². The second kappa shape index (κ2) is 11.8. The van der Waals surface area contributed by atoms with E-state index in [1.54, 1.807) is 19.2 Å². The molecule has 2 aliphatic rings. The third-order valence-electron chi connectivity index (χ3n) is 7.15. The Bertz CT molecular complexity index is 1180. The van der Waals surface area contributed by atoms with Crippen LogP contribution in [0.1, 0.15) is 54.5 Å². The number of aryl methyl sites for hydroxylation is 2. The number of hydrogen-bond acceptors (Lipinski definition) is 7. The van der Waals surface area contributed by atoms with Gasteiger partial charge in [-0.05, 0) is 63.9 Å². The van der Waals surface area contributed by atoms with Crippen molar-refractivity contribution in [2.24, 2.45) is 11.0 Å². The van der Waals surface area contributed by atoms with Gasteiger partial charge in [0.2, 0.25) is 0 Å². The number of carbonyl (C=O) groups is 2. The summed E-state index contributed by atoms with van der Waals surface area (Å²) >= 11 is 0. The Morgan fingerprint density at radius 2 is 1.89 bits per heavy atom. The van der Waals surface area contributed by atoms with E-state index in [9.17, 15) is 9.59 Å². The number of carbonyl (C=O) groups excluding carboxylic acids is 2. The van der Waals surface area contributed by atoms with Crippen LogP contribution >= 0.6 is 0 Å². The molecule has 1 amide bonds. The molecule has 198 valence electrons. The average Bonchev–Trinajstić information content (AvgIpc) is 3.35. The molecule has 0 aliphatic carbocycles. The predicted molar refractivity (Wildman–Crippen MR) is 142 cm³/mol. The van der Waals surface area contributed by atoms with Crippen molar-refractivity contribution in [1.82, 2.24) is 9.91 Å². The Balaban J connectivity index is 1.63. The number of esters is 1. The van der Waals surface area contributed by atoms with Gasteiger partial charge >= 0.3 is 5.97 Å². The molecular weight excluding hydrogens is 470 g/mol. The zero-order chi connectivity index (χ0) is 26.5. The van der Waals surface area contributed by atoms with Gasteiger partial charge in [0.15, 0.2) is 0 Å². The van der Waals surface area contributed by atoms with E-state index in [4.69, 9.17) is 19.3 Å². The highest BCUT2D eigenvalue weighted by Crippen LogP contribution is 2.39. The molecule has 2 aromatic carbocycles. The molecule has 0 spiro atoms. The number of ether oxygens (including phenoxy) is 3. The van der Waals surface area contributed by atoms with Crippen LogP contribution in [0.4, 0.5) is 0 Å². The smallest absolute Gasteiger partial charge is 0.310 e. The lowest BCUT2D eigenvalue weighted by Crippen LogP contribution is -2.44. The van der Waals surface area contributed by atoms with Crippen LogP contribution in [0.3, 0.4) is 0 Å². The molecule has 2 heterocycles. The number of rotatable bonds is 8. The molecule has 0 radical (unpaired) electrons. The van der Waals surface area contributed by atoms with Crippen molar-refractivity contribution < 1.29 is 23.8 Å². The number of hydrogen-bond donors (Lipinski definition) is 0. The summed E-state index contributed by atoms with van der Waals surface area (Å²) in [7, 11) is 3.23. The number of piperidine rings is 1. The molecule has 0 saturated carbocycles. The van der Waals surface area contributed by atoms with E-state index in [1.165, 1.54) is 0 Å². The zero-order valence-corrected chi connectivity index (χ0v) is 22.5. The summed E-state index contributed by atoms with van der Waals surface area (Å²) in [6.45, 7) is 7.77. The van der Waals surface area contributed by atoms with Gasteiger partial charge in [-0.15, -0.1) is 0 Å². The fourth-order valence-electron chi connectivity index (χ4n) is 5.20. The monoisotopic (exact) mass is 507 g/mol. The minimum atomic E-state index is -0.311. The molecule has 8 nitrogen and oxygen atoms in total. The van der Waals surface area contributed by atoms with Gasteiger partial charge in [0.05, 0.1) is 45.0 Å². The Hall–Kier alpha value is -3.39. The number of likely N-dealkylation sites (tertiary alicyclic amines) is 1. The number of nitrogens with zero attached hydrogens (tertiary/aromatic N) is 3. The first kappa shape index (κ1) is 26.7. The maximum absolute atomic E-state index is 13.7. The number of hydrazone groups is 1. The van der Waals surface area contributed by atoms with Gasteiger partial charge in [-0.3, -0.25) is 14.5 Å². The first-order chi connectivity index (χ1) is 17.8. The fourth-order valence-corrected chi connectivity index (χ4v) is 5.20. The van der Waals surface area contributed by atoms with Crippen molar-refractivity contribution in [3.8, 4) is 11.5 Å². The molecule has 2 unspecified atom stereocenters. The van der Waals surface area contributed by atoms with E-state index in [-0.39, 0.29) is 30.4 Å². The summed E-state index contributed by atoms with van der Waals surface area (Å²) in [4.78, 5) is 28.1. The first-order valence-electron chi connectivity index (χ1n) is 12.9. The zero-order valence-electron chi connectivity index (χ0n) is 22.5. The van der Waals surface area contributed by atoms with Crippen molar-refractivity contribution in [3.05, 3.63) is 58.7 Å². The van der Waals surface area contributed by atoms with Gasteiger partial charge in [-0.2, -0.15) is 5.10 Å². The van der Waals surface area contributed by atoms with Gasteiger partial charge < -0.3 is 14.2 Å². The number of amides is 1. The van der Waals surface area contributed by atoms with Crippen molar-refractivity contribution >= 4 is 17.6 Å². The highest BCUT2D eigenvalue weighted by Gasteiger charge is 2.37. The fraction of sp³-hybridized carbons (Fsp3) is 0.483. The van der Waals surface area contributed by atoms with E-state index < -0.39 is 0 Å². The Morgan fingerprint density at radius 1 is 1.08 bits per heavy atom. The minimum Gasteiger partial charge on any atom is -0.497 e. The molecule has 2 aromatic rings. The molecule has 1 saturated heterocycles. The molecule has 37 heavy (non-hydrogen) atoms. The summed E-state index contributed by atoms with van der Waals surface area (Å²) in [6.07, 6.45) is 2.21. The lowest BCUT2D eigenvalue weighted by atomic mass is 9.94. The number of methoxy groups -OCH3 is 2. The van der Waals surface area contributed by atoms with Crippen LogP contribution in [-0.4, -0.2) is 68.0 Å². The van der Waals surface area contributed by atoms with Crippen LogP contribution in [0, 0.1) is 19.8 Å². The molecule has 0 aromatic heterocycles. The topological polar surface area (TPSA) is 80.7 Å². The molecule has 2 aliphatic heterocycles. The summed E-state index contributed by atoms with van der Waals surface area (Å²) in [5.41, 5.74) is 5.06. The van der Waals surface area contributed by atoms with Crippen molar-refractivity contribution in [2.45, 2.75) is 46.1 Å². The second-order valence-corrected chi connectivity index (χ2v) is 9.76. The standard InChI is InChI=1S/C29H37N3O5/c1-6-37-29(34)21-8-7-13-31(17-21)18-28(33)32-26(23-12-11-22(35-4)15-27(23)36-5)16-25(30-32)24-14-19(2)9-10-20(24)3/h9-12,14-15,21,26H,6-8,13,16-18H2,1-5H3. The molecule has 4 rings (SSSR count). The maximum Gasteiger partial charge on any atom is 0.310 e. The van der Waals surface area contributed by atoms with E-state index in [1.807, 2.05) is 30.0 Å². The average molecular weight is 508 g/mol. The van der Waals surface area contributed by atoms with Gasteiger partial charge in [0, 0.05) is 30.2 Å². The Kier molecular flexibility index (Phi) is 8.48. The van der Waals surface area contributed by atoms with Crippen LogP contribution in [0.25, 0.3) is 0 Å². The SMILES string of the molecule is CCOC(=O)C1CCCN(CC(=O)N2N=C(c3cc(C)ccc3C)CC2c2ccc(OC)cc2OC)C1. The van der Waals surface area contributed by atoms with Gasteiger partial charge in [0.1, 0.15) is 11.5 Å². The quantitative estimate of drug-likeness (QED) is 0.497. The second-order valence-electron chi connectivity index (χ2n) is 9.76. The van der Waals surface area contributed by atoms with Crippen molar-refractivity contribution in [1.29, 1.82) is 0 Å². The normalized spacial score (nSPS) is 19.9. The molecule has 8 heteroatoms. The summed E-state index contributed by atoms with van der Waals surface area (Å²) < 4.78 is 16.3.